The van der Waals surface area contributed by atoms with Gasteiger partial charge in [0.2, 0.25) is 11.4 Å². The first-order valence-electron chi connectivity index (χ1n) is 3.45. The van der Waals surface area contributed by atoms with Gasteiger partial charge in [-0.15, -0.1) is 0 Å². The van der Waals surface area contributed by atoms with Crippen LogP contribution >= 0.6 is 22.7 Å². The van der Waals surface area contributed by atoms with Gasteiger partial charge in [-0.25, -0.2) is 0 Å². The van der Waals surface area contributed by atoms with E-state index in [1.807, 2.05) is 0 Å². The van der Waals surface area contributed by atoms with Crippen LogP contribution in [-0.2, 0) is 0 Å². The van der Waals surface area contributed by atoms with Crippen LogP contribution in [0.1, 0.15) is 0 Å². The van der Waals surface area contributed by atoms with E-state index in [1.165, 1.54) is 22.7 Å². The molecule has 0 spiro atoms. The van der Waals surface area contributed by atoms with Gasteiger partial charge in [0, 0.05) is 0 Å². The van der Waals surface area contributed by atoms with Crippen molar-refractivity contribution in [3.8, 4) is 0 Å². The zero-order valence-electron chi connectivity index (χ0n) is 6.27. The summed E-state index contributed by atoms with van der Waals surface area (Å²) in [5.41, 5.74) is 12.2. The zero-order valence-corrected chi connectivity index (χ0v) is 7.91. The molecule has 5 nitrogen and oxygen atoms in total. The van der Waals surface area contributed by atoms with Crippen LogP contribution < -0.4 is 11.5 Å². The maximum atomic E-state index is 5.53. The molecule has 3 aromatic heterocycles. The lowest BCUT2D eigenvalue weighted by Crippen LogP contribution is -1.79. The van der Waals surface area contributed by atoms with Crippen LogP contribution in [0.15, 0.2) is 4.42 Å². The molecule has 13 heavy (non-hydrogen) atoms. The molecule has 0 amide bonds. The number of thiazole rings is 2. The molecule has 0 aliphatic rings. The summed E-state index contributed by atoms with van der Waals surface area (Å²) in [5.74, 6) is 0. The molecule has 66 valence electrons. The molecule has 0 fully saturated rings. The average molecular weight is 212 g/mol. The third-order valence-corrected chi connectivity index (χ3v) is 3.52. The molecular formula is C6H4N4OS2. The highest BCUT2D eigenvalue weighted by Crippen LogP contribution is 2.37. The van der Waals surface area contributed by atoms with Gasteiger partial charge < -0.3 is 15.9 Å². The second-order valence-electron chi connectivity index (χ2n) is 2.47. The van der Waals surface area contributed by atoms with E-state index >= 15 is 0 Å². The lowest BCUT2D eigenvalue weighted by Gasteiger charge is -1.74. The Balaban J connectivity index is 2.56. The molecule has 0 bridgehead atoms. The lowest BCUT2D eigenvalue weighted by molar-refractivity contribution is 0.644. The molecule has 3 heterocycles. The number of nitrogens with two attached hydrogens (primary N) is 2. The number of nitrogens with zero attached hydrogens (tertiary/aromatic N) is 2. The zero-order chi connectivity index (χ0) is 9.00. The fourth-order valence-electron chi connectivity index (χ4n) is 1.16. The van der Waals surface area contributed by atoms with Crippen LogP contribution in [0.2, 0.25) is 0 Å². The quantitative estimate of drug-likeness (QED) is 0.591. The highest BCUT2D eigenvalue weighted by molar-refractivity contribution is 7.29. The standard InChI is InChI=1S/C6H4N4OS2/c7-5-9-3-1(12-5)2-4(11-3)10-6(8)13-2/h(H2,7,9)(H2,8,10). The smallest absolute Gasteiger partial charge is 0.243 e. The Hall–Kier alpha value is -1.34. The van der Waals surface area contributed by atoms with E-state index in [9.17, 15) is 0 Å². The number of nitrogen functional groups attached to an aromatic ring is 2. The number of anilines is 2. The first-order chi connectivity index (χ1) is 6.24. The molecule has 3 rings (SSSR count). The van der Waals surface area contributed by atoms with Crippen molar-refractivity contribution >= 4 is 53.8 Å². The molecule has 3 aromatic rings. The van der Waals surface area contributed by atoms with Gasteiger partial charge in [-0.1, -0.05) is 22.7 Å². The maximum Gasteiger partial charge on any atom is 0.243 e. The van der Waals surface area contributed by atoms with Gasteiger partial charge in [0.05, 0.1) is 0 Å². The van der Waals surface area contributed by atoms with E-state index in [0.717, 1.165) is 9.40 Å². The predicted molar refractivity (Wildman–Crippen MR) is 53.9 cm³/mol. The number of hydrogen-bond acceptors (Lipinski definition) is 7. The fraction of sp³-hybridized carbons (Fsp3) is 0. The summed E-state index contributed by atoms with van der Waals surface area (Å²) in [6.07, 6.45) is 0. The first-order valence-corrected chi connectivity index (χ1v) is 5.08. The van der Waals surface area contributed by atoms with E-state index < -0.39 is 0 Å². The Morgan fingerprint density at radius 3 is 1.85 bits per heavy atom. The van der Waals surface area contributed by atoms with Gasteiger partial charge in [-0.3, -0.25) is 0 Å². The van der Waals surface area contributed by atoms with Gasteiger partial charge in [0.1, 0.15) is 9.40 Å². The maximum absolute atomic E-state index is 5.53. The highest BCUT2D eigenvalue weighted by atomic mass is 32.1. The van der Waals surface area contributed by atoms with Crippen molar-refractivity contribution in [3.05, 3.63) is 0 Å². The van der Waals surface area contributed by atoms with Crippen molar-refractivity contribution in [2.75, 3.05) is 11.5 Å². The molecule has 0 unspecified atom stereocenters. The van der Waals surface area contributed by atoms with E-state index in [0.29, 0.717) is 21.7 Å². The molecule has 4 N–H and O–H groups in total. The molecule has 0 atom stereocenters. The predicted octanol–water partition coefficient (Wildman–Crippen LogP) is 1.66. The molecule has 0 saturated carbocycles. The number of aromatic nitrogens is 2. The van der Waals surface area contributed by atoms with Crippen molar-refractivity contribution in [1.29, 1.82) is 0 Å². The minimum Gasteiger partial charge on any atom is -0.417 e. The van der Waals surface area contributed by atoms with Crippen LogP contribution in [0, 0.1) is 0 Å². The topological polar surface area (TPSA) is 91.0 Å². The van der Waals surface area contributed by atoms with E-state index in [2.05, 4.69) is 9.97 Å². The Bertz CT molecular complexity index is 541. The van der Waals surface area contributed by atoms with Crippen molar-refractivity contribution < 1.29 is 4.42 Å². The van der Waals surface area contributed by atoms with Gasteiger partial charge in [-0.05, 0) is 0 Å². The third-order valence-electron chi connectivity index (χ3n) is 1.62. The second-order valence-corrected chi connectivity index (χ2v) is 4.54. The second kappa shape index (κ2) is 2.12. The van der Waals surface area contributed by atoms with Crippen molar-refractivity contribution in [2.24, 2.45) is 0 Å². The molecule has 0 radical (unpaired) electrons. The molecular weight excluding hydrogens is 208 g/mol. The van der Waals surface area contributed by atoms with Crippen molar-refractivity contribution in [3.63, 3.8) is 0 Å². The minimum absolute atomic E-state index is 0.502. The SMILES string of the molecule is Nc1nc2oc3nc(N)sc3c2s1. The Morgan fingerprint density at radius 2 is 1.38 bits per heavy atom. The summed E-state index contributed by atoms with van der Waals surface area (Å²) in [5, 5.41) is 1.00. The fourth-order valence-corrected chi connectivity index (χ4v) is 2.80. The molecule has 0 aliphatic heterocycles. The number of rotatable bonds is 0. The Kier molecular flexibility index (Phi) is 1.16. The van der Waals surface area contributed by atoms with Crippen LogP contribution in [0.5, 0.6) is 0 Å². The number of fused-ring (bicyclic) bond motifs is 3. The summed E-state index contributed by atoms with van der Waals surface area (Å²) in [6.45, 7) is 0. The van der Waals surface area contributed by atoms with E-state index in [4.69, 9.17) is 15.9 Å². The van der Waals surface area contributed by atoms with Crippen LogP contribution in [-0.4, -0.2) is 9.97 Å². The average Bonchev–Trinajstić information content (AvgIpc) is 2.60. The minimum atomic E-state index is 0.502. The molecule has 0 aromatic carbocycles. The summed E-state index contributed by atoms with van der Waals surface area (Å²) in [7, 11) is 0. The van der Waals surface area contributed by atoms with Gasteiger partial charge in [0.25, 0.3) is 0 Å². The third kappa shape index (κ3) is 0.850. The number of hydrogen-bond donors (Lipinski definition) is 2. The Morgan fingerprint density at radius 1 is 0.923 bits per heavy atom. The van der Waals surface area contributed by atoms with Gasteiger partial charge >= 0.3 is 0 Å². The number of furan rings is 1. The molecule has 7 heteroatoms. The van der Waals surface area contributed by atoms with Crippen LogP contribution in [0.4, 0.5) is 10.3 Å². The highest BCUT2D eigenvalue weighted by Gasteiger charge is 2.15. The van der Waals surface area contributed by atoms with Crippen LogP contribution in [0.25, 0.3) is 20.8 Å². The van der Waals surface area contributed by atoms with Gasteiger partial charge in [0.15, 0.2) is 10.3 Å². The first kappa shape index (κ1) is 7.10. The van der Waals surface area contributed by atoms with Crippen molar-refractivity contribution in [1.82, 2.24) is 9.97 Å². The monoisotopic (exact) mass is 212 g/mol. The van der Waals surface area contributed by atoms with Crippen LogP contribution in [0.3, 0.4) is 0 Å². The summed E-state index contributed by atoms with van der Waals surface area (Å²) >= 11 is 2.78. The normalized spacial score (nSPS) is 11.7. The van der Waals surface area contributed by atoms with Gasteiger partial charge in [-0.2, -0.15) is 9.97 Å². The molecule has 0 aliphatic carbocycles. The summed E-state index contributed by atoms with van der Waals surface area (Å²) in [4.78, 5) is 8.02. The largest absolute Gasteiger partial charge is 0.417 e. The van der Waals surface area contributed by atoms with E-state index in [1.54, 1.807) is 0 Å². The van der Waals surface area contributed by atoms with E-state index in [-0.39, 0.29) is 0 Å². The van der Waals surface area contributed by atoms with Crippen molar-refractivity contribution in [2.45, 2.75) is 0 Å². The lowest BCUT2D eigenvalue weighted by atomic mass is 10.6. The molecule has 0 saturated heterocycles. The summed E-state index contributed by atoms with van der Waals surface area (Å²) in [6, 6.07) is 0. The Labute approximate surface area is 80.0 Å². The summed E-state index contributed by atoms with van der Waals surface area (Å²) < 4.78 is 7.20.